The highest BCUT2D eigenvalue weighted by Gasteiger charge is 2.14. The highest BCUT2D eigenvalue weighted by atomic mass is 32.2. The summed E-state index contributed by atoms with van der Waals surface area (Å²) in [6, 6.07) is 7.60. The normalized spacial score (nSPS) is 16.2. The monoisotopic (exact) mass is 293 g/mol. The number of hydrogen-bond acceptors (Lipinski definition) is 4. The molecule has 2 rings (SSSR count). The van der Waals surface area contributed by atoms with Crippen molar-refractivity contribution in [2.24, 2.45) is 5.73 Å². The van der Waals surface area contributed by atoms with Crippen molar-refractivity contribution in [2.75, 3.05) is 35.3 Å². The quantitative estimate of drug-likeness (QED) is 0.845. The van der Waals surface area contributed by atoms with Crippen LogP contribution in [0.25, 0.3) is 0 Å². The number of amides is 1. The molecule has 110 valence electrons. The van der Waals surface area contributed by atoms with Crippen LogP contribution in [0.1, 0.15) is 19.3 Å². The minimum absolute atomic E-state index is 0.104. The molecule has 1 saturated heterocycles. The van der Waals surface area contributed by atoms with Crippen LogP contribution in [-0.4, -0.2) is 37.0 Å². The SMILES string of the molecule is CSCC[C@H](N)C(=O)Nc1ccc(N2CCCC2)cc1. The molecular formula is C15H23N3OS. The second-order valence-corrected chi connectivity index (χ2v) is 6.10. The fraction of sp³-hybridized carbons (Fsp3) is 0.533. The summed E-state index contributed by atoms with van der Waals surface area (Å²) in [5.74, 6) is 0.802. The third-order valence-electron chi connectivity index (χ3n) is 3.58. The summed E-state index contributed by atoms with van der Waals surface area (Å²) in [7, 11) is 0. The van der Waals surface area contributed by atoms with Crippen LogP contribution in [0.2, 0.25) is 0 Å². The number of rotatable bonds is 6. The van der Waals surface area contributed by atoms with E-state index in [1.807, 2.05) is 18.4 Å². The number of hydrogen-bond donors (Lipinski definition) is 2. The number of nitrogens with zero attached hydrogens (tertiary/aromatic N) is 1. The maximum Gasteiger partial charge on any atom is 0.241 e. The molecule has 5 heteroatoms. The highest BCUT2D eigenvalue weighted by molar-refractivity contribution is 7.98. The molecule has 1 amide bonds. The Morgan fingerprint density at radius 2 is 2.00 bits per heavy atom. The summed E-state index contributed by atoms with van der Waals surface area (Å²) in [6.07, 6.45) is 5.26. The van der Waals surface area contributed by atoms with Crippen molar-refractivity contribution in [2.45, 2.75) is 25.3 Å². The molecule has 1 aromatic carbocycles. The Kier molecular flexibility index (Phi) is 5.73. The van der Waals surface area contributed by atoms with Gasteiger partial charge in [-0.1, -0.05) is 0 Å². The number of nitrogens with one attached hydrogen (secondary N) is 1. The van der Waals surface area contributed by atoms with Crippen molar-refractivity contribution >= 4 is 29.0 Å². The molecule has 1 fully saturated rings. The van der Waals surface area contributed by atoms with E-state index in [0.717, 1.165) is 24.5 Å². The van der Waals surface area contributed by atoms with Crippen LogP contribution in [0.3, 0.4) is 0 Å². The summed E-state index contributed by atoms with van der Waals surface area (Å²) in [5.41, 5.74) is 7.89. The van der Waals surface area contributed by atoms with Gasteiger partial charge in [-0.15, -0.1) is 0 Å². The molecule has 0 aliphatic carbocycles. The first-order chi connectivity index (χ1) is 9.70. The zero-order chi connectivity index (χ0) is 14.4. The maximum atomic E-state index is 11.9. The average molecular weight is 293 g/mol. The summed E-state index contributed by atoms with van der Waals surface area (Å²) in [4.78, 5) is 14.3. The zero-order valence-corrected chi connectivity index (χ0v) is 12.8. The number of anilines is 2. The van der Waals surface area contributed by atoms with Gasteiger partial charge >= 0.3 is 0 Å². The van der Waals surface area contributed by atoms with E-state index in [2.05, 4.69) is 22.3 Å². The van der Waals surface area contributed by atoms with E-state index < -0.39 is 6.04 Å². The van der Waals surface area contributed by atoms with Crippen molar-refractivity contribution in [1.82, 2.24) is 0 Å². The Labute approximate surface area is 125 Å². The van der Waals surface area contributed by atoms with Gasteiger partial charge in [0, 0.05) is 24.5 Å². The van der Waals surface area contributed by atoms with Crippen LogP contribution in [0, 0.1) is 0 Å². The van der Waals surface area contributed by atoms with Crippen LogP contribution in [0.15, 0.2) is 24.3 Å². The molecular weight excluding hydrogens is 270 g/mol. The second-order valence-electron chi connectivity index (χ2n) is 5.12. The van der Waals surface area contributed by atoms with Crippen molar-refractivity contribution in [3.63, 3.8) is 0 Å². The van der Waals surface area contributed by atoms with E-state index in [0.29, 0.717) is 6.42 Å². The lowest BCUT2D eigenvalue weighted by Gasteiger charge is -2.18. The second kappa shape index (κ2) is 7.55. The van der Waals surface area contributed by atoms with E-state index in [9.17, 15) is 4.79 Å². The molecule has 0 saturated carbocycles. The van der Waals surface area contributed by atoms with Gasteiger partial charge in [-0.2, -0.15) is 11.8 Å². The Bertz CT molecular complexity index is 429. The molecule has 0 spiro atoms. The lowest BCUT2D eigenvalue weighted by molar-refractivity contribution is -0.117. The zero-order valence-electron chi connectivity index (χ0n) is 12.0. The fourth-order valence-electron chi connectivity index (χ4n) is 2.34. The first-order valence-corrected chi connectivity index (χ1v) is 8.50. The van der Waals surface area contributed by atoms with Gasteiger partial charge in [0.1, 0.15) is 0 Å². The Morgan fingerprint density at radius 3 is 2.60 bits per heavy atom. The van der Waals surface area contributed by atoms with E-state index in [1.54, 1.807) is 11.8 Å². The van der Waals surface area contributed by atoms with Gasteiger partial charge in [-0.25, -0.2) is 0 Å². The Balaban J connectivity index is 1.88. The van der Waals surface area contributed by atoms with Gasteiger partial charge in [-0.05, 0) is 55.5 Å². The standard InChI is InChI=1S/C15H23N3OS/c1-20-11-8-14(16)15(19)17-12-4-6-13(7-5-12)18-9-2-3-10-18/h4-7,14H,2-3,8-11,16H2,1H3,(H,17,19)/t14-/m0/s1. The average Bonchev–Trinajstić information content (AvgIpc) is 2.99. The lowest BCUT2D eigenvalue weighted by atomic mass is 10.2. The molecule has 4 nitrogen and oxygen atoms in total. The molecule has 1 aliphatic heterocycles. The van der Waals surface area contributed by atoms with Crippen LogP contribution < -0.4 is 16.0 Å². The van der Waals surface area contributed by atoms with Crippen molar-refractivity contribution < 1.29 is 4.79 Å². The van der Waals surface area contributed by atoms with Gasteiger partial charge in [0.05, 0.1) is 6.04 Å². The van der Waals surface area contributed by atoms with Crippen molar-refractivity contribution in [3.05, 3.63) is 24.3 Å². The maximum absolute atomic E-state index is 11.9. The third-order valence-corrected chi connectivity index (χ3v) is 4.22. The number of carbonyl (C=O) groups is 1. The summed E-state index contributed by atoms with van der Waals surface area (Å²) >= 11 is 1.70. The molecule has 0 bridgehead atoms. The fourth-order valence-corrected chi connectivity index (χ4v) is 2.83. The molecule has 1 aliphatic rings. The van der Waals surface area contributed by atoms with E-state index in [4.69, 9.17) is 5.73 Å². The molecule has 1 aromatic rings. The predicted molar refractivity (Wildman–Crippen MR) is 87.5 cm³/mol. The highest BCUT2D eigenvalue weighted by Crippen LogP contribution is 2.22. The largest absolute Gasteiger partial charge is 0.372 e. The molecule has 0 radical (unpaired) electrons. The first kappa shape index (κ1) is 15.2. The smallest absolute Gasteiger partial charge is 0.241 e. The minimum Gasteiger partial charge on any atom is -0.372 e. The molecule has 0 unspecified atom stereocenters. The van der Waals surface area contributed by atoms with Crippen molar-refractivity contribution in [1.29, 1.82) is 0 Å². The van der Waals surface area contributed by atoms with Gasteiger partial charge in [-0.3, -0.25) is 4.79 Å². The van der Waals surface area contributed by atoms with Crippen LogP contribution in [0.5, 0.6) is 0 Å². The van der Waals surface area contributed by atoms with Crippen LogP contribution >= 0.6 is 11.8 Å². The number of carbonyl (C=O) groups excluding carboxylic acids is 1. The third kappa shape index (κ3) is 4.15. The number of benzene rings is 1. The predicted octanol–water partition coefficient (Wildman–Crippen LogP) is 2.31. The number of thioether (sulfide) groups is 1. The summed E-state index contributed by atoms with van der Waals surface area (Å²) < 4.78 is 0. The van der Waals surface area contributed by atoms with Gasteiger partial charge < -0.3 is 16.0 Å². The van der Waals surface area contributed by atoms with E-state index in [1.165, 1.54) is 18.5 Å². The van der Waals surface area contributed by atoms with Gasteiger partial charge in [0.2, 0.25) is 5.91 Å². The summed E-state index contributed by atoms with van der Waals surface area (Å²) in [5, 5.41) is 2.88. The van der Waals surface area contributed by atoms with E-state index in [-0.39, 0.29) is 5.91 Å². The van der Waals surface area contributed by atoms with Gasteiger partial charge in [0.15, 0.2) is 0 Å². The first-order valence-electron chi connectivity index (χ1n) is 7.11. The van der Waals surface area contributed by atoms with Crippen LogP contribution in [0.4, 0.5) is 11.4 Å². The van der Waals surface area contributed by atoms with Crippen molar-refractivity contribution in [3.8, 4) is 0 Å². The molecule has 1 heterocycles. The Hall–Kier alpha value is -1.20. The molecule has 0 aromatic heterocycles. The molecule has 1 atom stereocenters. The number of nitrogens with two attached hydrogens (primary N) is 1. The minimum atomic E-state index is -0.430. The lowest BCUT2D eigenvalue weighted by Crippen LogP contribution is -2.36. The molecule has 20 heavy (non-hydrogen) atoms. The summed E-state index contributed by atoms with van der Waals surface area (Å²) in [6.45, 7) is 2.26. The topological polar surface area (TPSA) is 58.4 Å². The van der Waals surface area contributed by atoms with Gasteiger partial charge in [0.25, 0.3) is 0 Å². The molecule has 3 N–H and O–H groups in total. The Morgan fingerprint density at radius 1 is 1.35 bits per heavy atom. The van der Waals surface area contributed by atoms with E-state index >= 15 is 0 Å². The van der Waals surface area contributed by atoms with Crippen LogP contribution in [-0.2, 0) is 4.79 Å².